The van der Waals surface area contributed by atoms with Gasteiger partial charge in [0.05, 0.1) is 36.4 Å². The molecular weight excluding hydrogens is 340 g/mol. The van der Waals surface area contributed by atoms with Crippen molar-refractivity contribution in [3.05, 3.63) is 44.1 Å². The van der Waals surface area contributed by atoms with Gasteiger partial charge in [-0.2, -0.15) is 4.98 Å². The van der Waals surface area contributed by atoms with Crippen LogP contribution in [0.4, 0.5) is 0 Å². The van der Waals surface area contributed by atoms with Crippen LogP contribution in [0.25, 0.3) is 22.6 Å². The Morgan fingerprint density at radius 1 is 1.12 bits per heavy atom. The summed E-state index contributed by atoms with van der Waals surface area (Å²) in [7, 11) is 0. The molecule has 1 aromatic carbocycles. The smallest absolute Gasteiger partial charge is 0.349 e. The van der Waals surface area contributed by atoms with Gasteiger partial charge in [-0.05, 0) is 37.1 Å². The number of aryl methyl sites for hydroxylation is 2. The summed E-state index contributed by atoms with van der Waals surface area (Å²) in [5.41, 5.74) is 1.64. The number of nitrogens with one attached hydrogen (secondary N) is 1. The molecule has 3 rings (SSSR count). The third-order valence-corrected chi connectivity index (χ3v) is 4.37. The highest BCUT2D eigenvalue weighted by atomic mass is 16.3. The normalized spacial score (nSPS) is 14.0. The third-order valence-electron chi connectivity index (χ3n) is 4.37. The monoisotopic (exact) mass is 360 g/mol. The van der Waals surface area contributed by atoms with Crippen molar-refractivity contribution in [1.82, 2.24) is 19.5 Å². The number of aromatic amines is 1. The van der Waals surface area contributed by atoms with Gasteiger partial charge in [0.1, 0.15) is 0 Å². The minimum atomic E-state index is -1.07. The lowest BCUT2D eigenvalue weighted by Gasteiger charge is -2.21. The summed E-state index contributed by atoms with van der Waals surface area (Å²) >= 11 is 0. The SMILES string of the molecule is Cc1cc2nc3c(=O)[nH]c(=O)nc-3n(C[C@@H](O)C[C@@H](O)CO)c2cc1C. The van der Waals surface area contributed by atoms with E-state index in [1.54, 1.807) is 4.57 Å². The Kier molecular flexibility index (Phi) is 4.86. The number of aromatic nitrogens is 4. The number of aliphatic hydroxyl groups is 3. The average molecular weight is 360 g/mol. The first-order valence-electron chi connectivity index (χ1n) is 8.19. The van der Waals surface area contributed by atoms with Crippen LogP contribution in [0, 0.1) is 13.8 Å². The minimum Gasteiger partial charge on any atom is -0.394 e. The molecule has 1 aromatic rings. The lowest BCUT2D eigenvalue weighted by atomic mass is 10.1. The molecule has 2 aliphatic heterocycles. The molecule has 9 nitrogen and oxygen atoms in total. The number of rotatable bonds is 5. The predicted molar refractivity (Wildman–Crippen MR) is 94.2 cm³/mol. The Bertz CT molecular complexity index is 1040. The molecule has 138 valence electrons. The number of benzene rings is 1. The first-order chi connectivity index (χ1) is 12.3. The quantitative estimate of drug-likeness (QED) is 0.441. The van der Waals surface area contributed by atoms with E-state index in [-0.39, 0.29) is 24.5 Å². The Labute approximate surface area is 147 Å². The summed E-state index contributed by atoms with van der Waals surface area (Å²) in [5.74, 6) is 0.0621. The molecule has 0 spiro atoms. The number of fused-ring (bicyclic) bond motifs is 2. The van der Waals surface area contributed by atoms with Crippen LogP contribution in [0.5, 0.6) is 0 Å². The van der Waals surface area contributed by atoms with Crippen molar-refractivity contribution in [2.24, 2.45) is 0 Å². The standard InChI is InChI=1S/C17H20N4O5/c1-8-3-12-13(4-9(8)2)21(6-10(23)5-11(24)7-22)15-14(18-12)16(25)20-17(26)19-15/h3-4,10-11,22-24H,5-7H2,1-2H3,(H,20,25,26)/t10-,11+/m0/s1. The molecule has 2 aliphatic rings. The minimum absolute atomic E-state index is 0.00439. The summed E-state index contributed by atoms with van der Waals surface area (Å²) in [4.78, 5) is 34.1. The van der Waals surface area contributed by atoms with E-state index >= 15 is 0 Å². The summed E-state index contributed by atoms with van der Waals surface area (Å²) in [5, 5.41) is 28.8. The molecule has 0 radical (unpaired) electrons. The molecule has 0 fully saturated rings. The molecule has 0 aromatic heterocycles. The second-order valence-corrected chi connectivity index (χ2v) is 6.42. The van der Waals surface area contributed by atoms with E-state index in [0.29, 0.717) is 11.0 Å². The van der Waals surface area contributed by atoms with Crippen molar-refractivity contribution in [3.8, 4) is 11.5 Å². The summed E-state index contributed by atoms with van der Waals surface area (Å²) in [6, 6.07) is 3.67. The summed E-state index contributed by atoms with van der Waals surface area (Å²) in [6.45, 7) is 3.34. The van der Waals surface area contributed by atoms with E-state index in [4.69, 9.17) is 5.11 Å². The summed E-state index contributed by atoms with van der Waals surface area (Å²) in [6.07, 6.45) is -2.15. The number of aliphatic hydroxyl groups excluding tert-OH is 3. The highest BCUT2D eigenvalue weighted by Gasteiger charge is 2.21. The van der Waals surface area contributed by atoms with Crippen molar-refractivity contribution in [3.63, 3.8) is 0 Å². The van der Waals surface area contributed by atoms with Crippen LogP contribution in [-0.2, 0) is 6.54 Å². The number of hydrogen-bond acceptors (Lipinski definition) is 7. The molecule has 26 heavy (non-hydrogen) atoms. The molecule has 0 bridgehead atoms. The predicted octanol–water partition coefficient (Wildman–Crippen LogP) is -0.694. The molecule has 2 heterocycles. The van der Waals surface area contributed by atoms with E-state index in [0.717, 1.165) is 11.1 Å². The van der Waals surface area contributed by atoms with Crippen LogP contribution in [0.15, 0.2) is 21.7 Å². The van der Waals surface area contributed by atoms with E-state index < -0.39 is 30.1 Å². The van der Waals surface area contributed by atoms with Gasteiger partial charge in [-0.1, -0.05) is 0 Å². The maximum Gasteiger partial charge on any atom is 0.349 e. The fourth-order valence-electron chi connectivity index (χ4n) is 2.91. The van der Waals surface area contributed by atoms with Gasteiger partial charge in [-0.25, -0.2) is 9.78 Å². The Morgan fingerprint density at radius 3 is 2.50 bits per heavy atom. The Morgan fingerprint density at radius 2 is 1.81 bits per heavy atom. The van der Waals surface area contributed by atoms with E-state index in [1.165, 1.54) is 0 Å². The van der Waals surface area contributed by atoms with Gasteiger partial charge < -0.3 is 19.9 Å². The fourth-order valence-corrected chi connectivity index (χ4v) is 2.91. The van der Waals surface area contributed by atoms with Gasteiger partial charge in [0, 0.05) is 6.42 Å². The lowest BCUT2D eigenvalue weighted by molar-refractivity contribution is 0.0362. The largest absolute Gasteiger partial charge is 0.394 e. The zero-order valence-corrected chi connectivity index (χ0v) is 14.4. The molecule has 0 amide bonds. The topological polar surface area (TPSA) is 141 Å². The Hall–Kier alpha value is -2.62. The number of hydrogen-bond donors (Lipinski definition) is 4. The van der Waals surface area contributed by atoms with Gasteiger partial charge in [0.15, 0.2) is 11.5 Å². The molecule has 0 aliphatic carbocycles. The van der Waals surface area contributed by atoms with Crippen molar-refractivity contribution in [2.45, 2.75) is 39.0 Å². The average Bonchev–Trinajstić information content (AvgIpc) is 2.57. The Balaban J connectivity index is 2.26. The number of H-pyrrole nitrogens is 1. The molecule has 0 saturated carbocycles. The molecule has 0 unspecified atom stereocenters. The van der Waals surface area contributed by atoms with Gasteiger partial charge >= 0.3 is 5.69 Å². The van der Waals surface area contributed by atoms with Gasteiger partial charge in [-0.15, -0.1) is 0 Å². The van der Waals surface area contributed by atoms with Crippen molar-refractivity contribution >= 4 is 11.0 Å². The van der Waals surface area contributed by atoms with E-state index in [2.05, 4.69) is 15.0 Å². The molecule has 2 atom stereocenters. The van der Waals surface area contributed by atoms with E-state index in [9.17, 15) is 19.8 Å². The van der Waals surface area contributed by atoms with Crippen molar-refractivity contribution in [2.75, 3.05) is 6.61 Å². The third kappa shape index (κ3) is 3.36. The first-order valence-corrected chi connectivity index (χ1v) is 8.19. The van der Waals surface area contributed by atoms with Crippen LogP contribution in [0.3, 0.4) is 0 Å². The highest BCUT2D eigenvalue weighted by Crippen LogP contribution is 2.24. The van der Waals surface area contributed by atoms with Crippen molar-refractivity contribution in [1.29, 1.82) is 0 Å². The highest BCUT2D eigenvalue weighted by molar-refractivity contribution is 5.81. The van der Waals surface area contributed by atoms with Gasteiger partial charge in [-0.3, -0.25) is 9.78 Å². The molecule has 4 N–H and O–H groups in total. The van der Waals surface area contributed by atoms with Crippen LogP contribution < -0.4 is 11.2 Å². The summed E-state index contributed by atoms with van der Waals surface area (Å²) < 4.78 is 1.55. The van der Waals surface area contributed by atoms with Crippen LogP contribution in [0.1, 0.15) is 17.5 Å². The lowest BCUT2D eigenvalue weighted by Crippen LogP contribution is -2.31. The van der Waals surface area contributed by atoms with Gasteiger partial charge in [0.2, 0.25) is 0 Å². The second-order valence-electron chi connectivity index (χ2n) is 6.42. The molecular formula is C17H20N4O5. The van der Waals surface area contributed by atoms with Gasteiger partial charge in [0.25, 0.3) is 5.56 Å². The second kappa shape index (κ2) is 6.94. The zero-order chi connectivity index (χ0) is 19.0. The first kappa shape index (κ1) is 18.2. The van der Waals surface area contributed by atoms with Crippen molar-refractivity contribution < 1.29 is 15.3 Å². The maximum atomic E-state index is 12.2. The van der Waals surface area contributed by atoms with Crippen LogP contribution in [0.2, 0.25) is 0 Å². The van der Waals surface area contributed by atoms with E-state index in [1.807, 2.05) is 26.0 Å². The molecule has 0 saturated heterocycles. The zero-order valence-electron chi connectivity index (χ0n) is 14.4. The maximum absolute atomic E-state index is 12.2. The van der Waals surface area contributed by atoms with Crippen LogP contribution in [-0.4, -0.2) is 53.7 Å². The van der Waals surface area contributed by atoms with Crippen LogP contribution >= 0.6 is 0 Å². The number of nitrogens with zero attached hydrogens (tertiary/aromatic N) is 3. The molecule has 9 heteroatoms. The fraction of sp³-hybridized carbons (Fsp3) is 0.412.